The lowest BCUT2D eigenvalue weighted by Crippen LogP contribution is -2.27. The molecule has 1 unspecified atom stereocenters. The summed E-state index contributed by atoms with van der Waals surface area (Å²) in [6.45, 7) is 8.11. The van der Waals surface area contributed by atoms with Crippen LogP contribution >= 0.6 is 0 Å². The zero-order chi connectivity index (χ0) is 7.98. The van der Waals surface area contributed by atoms with Crippen molar-refractivity contribution in [3.8, 4) is 0 Å². The smallest absolute Gasteiger partial charge is 0.0616 e. The third-order valence-electron chi connectivity index (χ3n) is 1.31. The van der Waals surface area contributed by atoms with Gasteiger partial charge >= 0.3 is 0 Å². The Labute approximate surface area is 64.0 Å². The summed E-state index contributed by atoms with van der Waals surface area (Å²) in [6.07, 6.45) is 0. The summed E-state index contributed by atoms with van der Waals surface area (Å²) in [5.41, 5.74) is 0. The van der Waals surface area contributed by atoms with E-state index < -0.39 is 0 Å². The zero-order valence-corrected chi connectivity index (χ0v) is 7.48. The molecule has 0 rings (SSSR count). The molecular formula is C8H19NO. The largest absolute Gasteiger partial charge is 0.380 e. The Bertz CT molecular complexity index is 73.7. The first-order valence-electron chi connectivity index (χ1n) is 3.91. The van der Waals surface area contributed by atoms with Crippen molar-refractivity contribution in [2.24, 2.45) is 5.92 Å². The Morgan fingerprint density at radius 1 is 1.20 bits per heavy atom. The molecule has 0 spiro atoms. The molecule has 0 aliphatic carbocycles. The van der Waals surface area contributed by atoms with Gasteiger partial charge in [0.1, 0.15) is 0 Å². The van der Waals surface area contributed by atoms with Crippen molar-refractivity contribution >= 4 is 0 Å². The lowest BCUT2D eigenvalue weighted by atomic mass is 10.2. The van der Waals surface area contributed by atoms with E-state index in [1.54, 1.807) is 0 Å². The topological polar surface area (TPSA) is 21.3 Å². The maximum Gasteiger partial charge on any atom is 0.0616 e. The summed E-state index contributed by atoms with van der Waals surface area (Å²) in [4.78, 5) is 0. The summed E-state index contributed by atoms with van der Waals surface area (Å²) in [6, 6.07) is 0.471. The van der Waals surface area contributed by atoms with Crippen LogP contribution in [0.2, 0.25) is 0 Å². The van der Waals surface area contributed by atoms with E-state index in [1.807, 2.05) is 7.05 Å². The molecule has 0 saturated carbocycles. The maximum atomic E-state index is 5.39. The van der Waals surface area contributed by atoms with Gasteiger partial charge in [0.15, 0.2) is 0 Å². The van der Waals surface area contributed by atoms with E-state index in [-0.39, 0.29) is 0 Å². The molecule has 0 fully saturated rings. The predicted octanol–water partition coefficient (Wildman–Crippen LogP) is 1.27. The second-order valence-electron chi connectivity index (χ2n) is 3.12. The van der Waals surface area contributed by atoms with Crippen molar-refractivity contribution in [3.05, 3.63) is 0 Å². The average Bonchev–Trinajstić information content (AvgIpc) is 1.87. The van der Waals surface area contributed by atoms with Gasteiger partial charge in [-0.05, 0) is 19.9 Å². The van der Waals surface area contributed by atoms with Crippen LogP contribution < -0.4 is 5.32 Å². The Morgan fingerprint density at radius 3 is 2.20 bits per heavy atom. The third kappa shape index (κ3) is 6.05. The van der Waals surface area contributed by atoms with Crippen LogP contribution in [-0.2, 0) is 4.74 Å². The van der Waals surface area contributed by atoms with Gasteiger partial charge in [0.25, 0.3) is 0 Å². The standard InChI is InChI=1S/C8H19NO/c1-7(2)5-10-6-8(3)9-4/h7-9H,5-6H2,1-4H3. The molecule has 0 heterocycles. The summed E-state index contributed by atoms with van der Waals surface area (Å²) < 4.78 is 5.39. The molecule has 1 N–H and O–H groups in total. The van der Waals surface area contributed by atoms with E-state index in [0.717, 1.165) is 13.2 Å². The lowest BCUT2D eigenvalue weighted by Gasteiger charge is -2.11. The van der Waals surface area contributed by atoms with Crippen LogP contribution in [0.4, 0.5) is 0 Å². The quantitative estimate of drug-likeness (QED) is 0.629. The number of hydrogen-bond donors (Lipinski definition) is 1. The number of rotatable bonds is 5. The Hall–Kier alpha value is -0.0800. The molecule has 0 radical (unpaired) electrons. The molecule has 0 bridgehead atoms. The van der Waals surface area contributed by atoms with Crippen LogP contribution in [0.1, 0.15) is 20.8 Å². The number of likely N-dealkylation sites (N-methyl/N-ethyl adjacent to an activating group) is 1. The number of hydrogen-bond acceptors (Lipinski definition) is 2. The Morgan fingerprint density at radius 2 is 1.80 bits per heavy atom. The van der Waals surface area contributed by atoms with Gasteiger partial charge < -0.3 is 10.1 Å². The highest BCUT2D eigenvalue weighted by atomic mass is 16.5. The van der Waals surface area contributed by atoms with Gasteiger partial charge in [0.2, 0.25) is 0 Å². The highest BCUT2D eigenvalue weighted by Gasteiger charge is 1.98. The van der Waals surface area contributed by atoms with Gasteiger partial charge in [-0.1, -0.05) is 13.8 Å². The van der Waals surface area contributed by atoms with Crippen molar-refractivity contribution in [1.29, 1.82) is 0 Å². The molecule has 10 heavy (non-hydrogen) atoms. The monoisotopic (exact) mass is 145 g/mol. The fraction of sp³-hybridized carbons (Fsp3) is 1.00. The van der Waals surface area contributed by atoms with Crippen molar-refractivity contribution in [2.75, 3.05) is 20.3 Å². The van der Waals surface area contributed by atoms with Gasteiger partial charge in [-0.25, -0.2) is 0 Å². The van der Waals surface area contributed by atoms with Crippen LogP contribution in [0.15, 0.2) is 0 Å². The van der Waals surface area contributed by atoms with Crippen LogP contribution in [0.5, 0.6) is 0 Å². The van der Waals surface area contributed by atoms with Crippen molar-refractivity contribution in [3.63, 3.8) is 0 Å². The first-order valence-corrected chi connectivity index (χ1v) is 3.91. The molecule has 0 aromatic carbocycles. The molecule has 2 heteroatoms. The summed E-state index contributed by atoms with van der Waals surface area (Å²) in [5, 5.41) is 3.11. The van der Waals surface area contributed by atoms with Gasteiger partial charge in [-0.2, -0.15) is 0 Å². The molecule has 0 amide bonds. The Balaban J connectivity index is 3.03. The van der Waals surface area contributed by atoms with Crippen molar-refractivity contribution < 1.29 is 4.74 Å². The highest BCUT2D eigenvalue weighted by molar-refractivity contribution is 4.53. The predicted molar refractivity (Wildman–Crippen MR) is 44.2 cm³/mol. The van der Waals surface area contributed by atoms with E-state index in [4.69, 9.17) is 4.74 Å². The van der Waals surface area contributed by atoms with Gasteiger partial charge in [0, 0.05) is 12.6 Å². The van der Waals surface area contributed by atoms with Crippen LogP contribution in [-0.4, -0.2) is 26.3 Å². The number of nitrogens with one attached hydrogen (secondary N) is 1. The molecule has 0 aliphatic rings. The van der Waals surface area contributed by atoms with E-state index in [2.05, 4.69) is 26.1 Å². The summed E-state index contributed by atoms with van der Waals surface area (Å²) in [7, 11) is 1.95. The molecule has 2 nitrogen and oxygen atoms in total. The molecule has 0 aromatic heterocycles. The van der Waals surface area contributed by atoms with Gasteiger partial charge in [-0.3, -0.25) is 0 Å². The fourth-order valence-corrected chi connectivity index (χ4v) is 0.564. The minimum Gasteiger partial charge on any atom is -0.380 e. The average molecular weight is 145 g/mol. The summed E-state index contributed by atoms with van der Waals surface area (Å²) in [5.74, 6) is 0.643. The third-order valence-corrected chi connectivity index (χ3v) is 1.31. The van der Waals surface area contributed by atoms with Crippen molar-refractivity contribution in [1.82, 2.24) is 5.32 Å². The lowest BCUT2D eigenvalue weighted by molar-refractivity contribution is 0.0956. The molecule has 0 aromatic rings. The van der Waals surface area contributed by atoms with Gasteiger partial charge in [-0.15, -0.1) is 0 Å². The number of ether oxygens (including phenoxy) is 1. The summed E-state index contributed by atoms with van der Waals surface area (Å²) >= 11 is 0. The first-order chi connectivity index (χ1) is 4.66. The molecule has 0 aliphatic heterocycles. The van der Waals surface area contributed by atoms with E-state index in [9.17, 15) is 0 Å². The van der Waals surface area contributed by atoms with Crippen LogP contribution in [0.25, 0.3) is 0 Å². The minimum absolute atomic E-state index is 0.471. The molecular weight excluding hydrogens is 126 g/mol. The maximum absolute atomic E-state index is 5.39. The van der Waals surface area contributed by atoms with E-state index >= 15 is 0 Å². The molecule has 0 saturated heterocycles. The Kier molecular flexibility index (Phi) is 5.64. The zero-order valence-electron chi connectivity index (χ0n) is 7.48. The normalized spacial score (nSPS) is 14.1. The second-order valence-corrected chi connectivity index (χ2v) is 3.12. The highest BCUT2D eigenvalue weighted by Crippen LogP contribution is 1.92. The van der Waals surface area contributed by atoms with Crippen molar-refractivity contribution in [2.45, 2.75) is 26.8 Å². The minimum atomic E-state index is 0.471. The molecule has 1 atom stereocenters. The van der Waals surface area contributed by atoms with E-state index in [1.165, 1.54) is 0 Å². The van der Waals surface area contributed by atoms with Crippen LogP contribution in [0, 0.1) is 5.92 Å². The molecule has 62 valence electrons. The van der Waals surface area contributed by atoms with Crippen LogP contribution in [0.3, 0.4) is 0 Å². The second kappa shape index (κ2) is 5.69. The SMILES string of the molecule is CNC(C)COCC(C)C. The van der Waals surface area contributed by atoms with Gasteiger partial charge in [0.05, 0.1) is 6.61 Å². The first kappa shape index (κ1) is 9.92. The fourth-order valence-electron chi connectivity index (χ4n) is 0.564. The van der Waals surface area contributed by atoms with E-state index in [0.29, 0.717) is 12.0 Å².